The quantitative estimate of drug-likeness (QED) is 0.185. The van der Waals surface area contributed by atoms with Gasteiger partial charge < -0.3 is 5.21 Å². The summed E-state index contributed by atoms with van der Waals surface area (Å²) in [5.74, 6) is 0.168. The molecule has 0 aliphatic rings. The van der Waals surface area contributed by atoms with E-state index in [2.05, 4.69) is 10.1 Å². The Morgan fingerprint density at radius 3 is 2.82 bits per heavy atom. The number of unbranched alkanes of at least 4 members (excludes halogenated alkanes) is 1. The van der Waals surface area contributed by atoms with Crippen molar-refractivity contribution in [3.05, 3.63) is 0 Å². The molecule has 0 atom stereocenters. The number of aliphatic imine (C=N–C) groups is 1. The fourth-order valence-electron chi connectivity index (χ4n) is 0.517. The van der Waals surface area contributed by atoms with Gasteiger partial charge in [-0.3, -0.25) is 15.7 Å². The molecule has 0 rings (SSSR count). The standard InChI is InChI=1S/C6H13N3O2/c1-2-3-4-7-6(9-11)5-8-10/h5,10-11H,2-4H2,1H3,(H,7,9)/b8-5+. The molecule has 5 nitrogen and oxygen atoms in total. The van der Waals surface area contributed by atoms with Gasteiger partial charge in [0, 0.05) is 6.54 Å². The largest absolute Gasteiger partial charge is 0.411 e. The number of hydroxylamine groups is 1. The molecule has 0 aliphatic heterocycles. The lowest BCUT2D eigenvalue weighted by Gasteiger charge is -1.95. The zero-order valence-corrected chi connectivity index (χ0v) is 6.49. The van der Waals surface area contributed by atoms with E-state index in [1.54, 1.807) is 5.48 Å². The van der Waals surface area contributed by atoms with Gasteiger partial charge in [-0.1, -0.05) is 18.5 Å². The van der Waals surface area contributed by atoms with Crippen molar-refractivity contribution in [2.24, 2.45) is 10.1 Å². The molecule has 0 fully saturated rings. The van der Waals surface area contributed by atoms with Gasteiger partial charge in [0.05, 0.1) is 0 Å². The first-order valence-electron chi connectivity index (χ1n) is 3.47. The second kappa shape index (κ2) is 7.01. The van der Waals surface area contributed by atoms with Crippen LogP contribution in [0.2, 0.25) is 0 Å². The van der Waals surface area contributed by atoms with E-state index in [0.29, 0.717) is 6.54 Å². The summed E-state index contributed by atoms with van der Waals surface area (Å²) in [6, 6.07) is 0. The number of amidine groups is 1. The van der Waals surface area contributed by atoms with Crippen molar-refractivity contribution >= 4 is 12.1 Å². The molecule has 0 bridgehead atoms. The second-order valence-electron chi connectivity index (χ2n) is 1.98. The van der Waals surface area contributed by atoms with Gasteiger partial charge in [-0.05, 0) is 6.42 Å². The number of nitrogens with one attached hydrogen (secondary N) is 1. The molecule has 0 unspecified atom stereocenters. The van der Waals surface area contributed by atoms with Crippen LogP contribution < -0.4 is 5.48 Å². The summed E-state index contributed by atoms with van der Waals surface area (Å²) in [6.45, 7) is 2.66. The normalized spacial score (nSPS) is 12.4. The monoisotopic (exact) mass is 159 g/mol. The first kappa shape index (κ1) is 9.90. The minimum Gasteiger partial charge on any atom is -0.411 e. The van der Waals surface area contributed by atoms with Crippen LogP contribution in [0.3, 0.4) is 0 Å². The highest BCUT2D eigenvalue weighted by molar-refractivity contribution is 6.28. The maximum atomic E-state index is 8.37. The number of oxime groups is 1. The minimum atomic E-state index is 0.168. The predicted octanol–water partition coefficient (Wildman–Crippen LogP) is 0.624. The van der Waals surface area contributed by atoms with Crippen molar-refractivity contribution in [2.75, 3.05) is 6.54 Å². The summed E-state index contributed by atoms with van der Waals surface area (Å²) in [5, 5.41) is 19.1. The lowest BCUT2D eigenvalue weighted by Crippen LogP contribution is -2.20. The molecule has 0 spiro atoms. The third-order valence-corrected chi connectivity index (χ3v) is 1.09. The van der Waals surface area contributed by atoms with Crippen LogP contribution in [0.1, 0.15) is 19.8 Å². The fourth-order valence-corrected chi connectivity index (χ4v) is 0.517. The van der Waals surface area contributed by atoms with Crippen molar-refractivity contribution in [1.82, 2.24) is 5.48 Å². The van der Waals surface area contributed by atoms with Crippen molar-refractivity contribution < 1.29 is 10.4 Å². The maximum Gasteiger partial charge on any atom is 0.166 e. The summed E-state index contributed by atoms with van der Waals surface area (Å²) < 4.78 is 0. The van der Waals surface area contributed by atoms with E-state index < -0.39 is 0 Å². The molecule has 0 heterocycles. The Balaban J connectivity index is 3.71. The molecule has 0 aromatic carbocycles. The summed E-state index contributed by atoms with van der Waals surface area (Å²) in [5.41, 5.74) is 1.80. The molecule has 0 saturated heterocycles. The van der Waals surface area contributed by atoms with Gasteiger partial charge in [-0.25, -0.2) is 0 Å². The summed E-state index contributed by atoms with van der Waals surface area (Å²) in [7, 11) is 0. The molecule has 0 aromatic rings. The Kier molecular flexibility index (Phi) is 6.31. The molecule has 5 heteroatoms. The molecular weight excluding hydrogens is 146 g/mol. The fraction of sp³-hybridized carbons (Fsp3) is 0.667. The van der Waals surface area contributed by atoms with Crippen molar-refractivity contribution in [3.8, 4) is 0 Å². The summed E-state index contributed by atoms with van der Waals surface area (Å²) >= 11 is 0. The zero-order chi connectivity index (χ0) is 8.53. The average Bonchev–Trinajstić information content (AvgIpc) is 2.03. The number of nitrogens with zero attached hydrogens (tertiary/aromatic N) is 2. The van der Waals surface area contributed by atoms with Crippen LogP contribution in [0.4, 0.5) is 0 Å². The summed E-state index contributed by atoms with van der Waals surface area (Å²) in [6.07, 6.45) is 3.03. The highest BCUT2D eigenvalue weighted by atomic mass is 16.5. The van der Waals surface area contributed by atoms with Crippen molar-refractivity contribution in [2.45, 2.75) is 19.8 Å². The first-order valence-corrected chi connectivity index (χ1v) is 3.47. The Bertz CT molecular complexity index is 145. The lowest BCUT2D eigenvalue weighted by atomic mass is 10.3. The molecule has 11 heavy (non-hydrogen) atoms. The van der Waals surface area contributed by atoms with Crippen LogP contribution in [0.15, 0.2) is 10.1 Å². The van der Waals surface area contributed by atoms with Gasteiger partial charge in [0.15, 0.2) is 5.84 Å². The van der Waals surface area contributed by atoms with E-state index in [1.807, 2.05) is 6.92 Å². The van der Waals surface area contributed by atoms with Crippen LogP contribution >= 0.6 is 0 Å². The van der Waals surface area contributed by atoms with Crippen molar-refractivity contribution in [1.29, 1.82) is 0 Å². The third kappa shape index (κ3) is 5.35. The van der Waals surface area contributed by atoms with Crippen LogP contribution in [-0.2, 0) is 0 Å². The van der Waals surface area contributed by atoms with Gasteiger partial charge in [-0.2, -0.15) is 0 Å². The Labute approximate surface area is 65.4 Å². The average molecular weight is 159 g/mol. The second-order valence-corrected chi connectivity index (χ2v) is 1.98. The topological polar surface area (TPSA) is 77.2 Å². The minimum absolute atomic E-state index is 0.168. The molecule has 0 aromatic heterocycles. The van der Waals surface area contributed by atoms with Crippen molar-refractivity contribution in [3.63, 3.8) is 0 Å². The first-order chi connectivity index (χ1) is 5.35. The number of rotatable bonds is 4. The molecule has 0 radical (unpaired) electrons. The zero-order valence-electron chi connectivity index (χ0n) is 6.49. The van der Waals surface area contributed by atoms with Gasteiger partial charge in [0.25, 0.3) is 0 Å². The Morgan fingerprint density at radius 2 is 2.36 bits per heavy atom. The van der Waals surface area contributed by atoms with E-state index in [0.717, 1.165) is 19.1 Å². The molecule has 0 amide bonds. The maximum absolute atomic E-state index is 8.37. The van der Waals surface area contributed by atoms with Crippen LogP contribution in [0.25, 0.3) is 0 Å². The molecule has 64 valence electrons. The van der Waals surface area contributed by atoms with E-state index >= 15 is 0 Å². The third-order valence-electron chi connectivity index (χ3n) is 1.09. The van der Waals surface area contributed by atoms with Crippen LogP contribution in [0, 0.1) is 0 Å². The van der Waals surface area contributed by atoms with Gasteiger partial charge in [-0.15, -0.1) is 0 Å². The smallest absolute Gasteiger partial charge is 0.166 e. The highest BCUT2D eigenvalue weighted by Gasteiger charge is 1.89. The highest BCUT2D eigenvalue weighted by Crippen LogP contribution is 1.86. The van der Waals surface area contributed by atoms with E-state index in [4.69, 9.17) is 10.4 Å². The van der Waals surface area contributed by atoms with E-state index in [-0.39, 0.29) is 5.84 Å². The molecule has 3 N–H and O–H groups in total. The van der Waals surface area contributed by atoms with Gasteiger partial charge in [0.1, 0.15) is 6.21 Å². The van der Waals surface area contributed by atoms with E-state index in [1.165, 1.54) is 0 Å². The Hall–Kier alpha value is -1.10. The van der Waals surface area contributed by atoms with Crippen LogP contribution in [0.5, 0.6) is 0 Å². The lowest BCUT2D eigenvalue weighted by molar-refractivity contribution is 0.236. The van der Waals surface area contributed by atoms with E-state index in [9.17, 15) is 0 Å². The Morgan fingerprint density at radius 1 is 1.64 bits per heavy atom. The van der Waals surface area contributed by atoms with Crippen LogP contribution in [-0.4, -0.2) is 29.0 Å². The molecule has 0 saturated carbocycles. The van der Waals surface area contributed by atoms with Gasteiger partial charge >= 0.3 is 0 Å². The summed E-state index contributed by atoms with van der Waals surface area (Å²) in [4.78, 5) is 3.87. The number of hydrogen-bond donors (Lipinski definition) is 3. The number of hydrogen-bond acceptors (Lipinski definition) is 4. The predicted molar refractivity (Wildman–Crippen MR) is 42.4 cm³/mol. The van der Waals surface area contributed by atoms with Gasteiger partial charge in [0.2, 0.25) is 0 Å². The SMILES string of the molecule is CCCCN=C(/C=N/O)NO. The molecule has 0 aliphatic carbocycles. The molecular formula is C6H13N3O2.